The molecular weight excluding hydrogens is 212 g/mol. The van der Waals surface area contributed by atoms with Crippen molar-refractivity contribution in [2.75, 3.05) is 0 Å². The van der Waals surface area contributed by atoms with Gasteiger partial charge in [-0.2, -0.15) is 0 Å². The number of benzene rings is 1. The van der Waals surface area contributed by atoms with Crippen molar-refractivity contribution in [3.05, 3.63) is 29.8 Å². The maximum Gasteiger partial charge on any atom is 0.119 e. The number of aliphatic hydroxyl groups is 1. The van der Waals surface area contributed by atoms with Crippen LogP contribution in [0.1, 0.15) is 45.1 Å². The minimum absolute atomic E-state index is 0.144. The normalized spacial score (nSPS) is 28.6. The summed E-state index contributed by atoms with van der Waals surface area (Å²) >= 11 is 0. The van der Waals surface area contributed by atoms with E-state index < -0.39 is 0 Å². The van der Waals surface area contributed by atoms with Crippen molar-refractivity contribution in [3.63, 3.8) is 0 Å². The molecule has 0 spiro atoms. The Morgan fingerprint density at radius 3 is 2.65 bits per heavy atom. The molecule has 1 aliphatic rings. The molecule has 3 atom stereocenters. The molecule has 0 amide bonds. The predicted octanol–water partition coefficient (Wildman–Crippen LogP) is 3.35. The molecule has 0 bridgehead atoms. The van der Waals surface area contributed by atoms with Gasteiger partial charge in [-0.1, -0.05) is 19.1 Å². The fraction of sp³-hybridized carbons (Fsp3) is 0.600. The standard InChI is InChI=1S/C15H22O2/c1-10(2)17-13-6-4-5-12(9-13)14-7-8-15(16)11(14)3/h4-6,9-11,14-16H,7-8H2,1-3H3. The maximum atomic E-state index is 9.81. The van der Waals surface area contributed by atoms with E-state index in [9.17, 15) is 5.11 Å². The van der Waals surface area contributed by atoms with Crippen molar-refractivity contribution < 1.29 is 9.84 Å². The van der Waals surface area contributed by atoms with Crippen LogP contribution >= 0.6 is 0 Å². The Hall–Kier alpha value is -1.02. The molecule has 94 valence electrons. The Morgan fingerprint density at radius 2 is 2.06 bits per heavy atom. The molecular formula is C15H22O2. The Labute approximate surface area is 104 Å². The molecule has 2 heteroatoms. The van der Waals surface area contributed by atoms with E-state index >= 15 is 0 Å². The first-order chi connectivity index (χ1) is 8.08. The average molecular weight is 234 g/mol. The minimum Gasteiger partial charge on any atom is -0.491 e. The van der Waals surface area contributed by atoms with Crippen molar-refractivity contribution in [3.8, 4) is 5.75 Å². The molecule has 0 heterocycles. The molecule has 17 heavy (non-hydrogen) atoms. The second-order valence-electron chi connectivity index (χ2n) is 5.35. The van der Waals surface area contributed by atoms with Gasteiger partial charge in [0.1, 0.15) is 5.75 Å². The number of aliphatic hydroxyl groups excluding tert-OH is 1. The van der Waals surface area contributed by atoms with Crippen LogP contribution in [0.2, 0.25) is 0 Å². The van der Waals surface area contributed by atoms with E-state index in [4.69, 9.17) is 4.74 Å². The molecule has 0 radical (unpaired) electrons. The third kappa shape index (κ3) is 2.81. The number of ether oxygens (including phenoxy) is 1. The van der Waals surface area contributed by atoms with Gasteiger partial charge in [0.15, 0.2) is 0 Å². The zero-order chi connectivity index (χ0) is 12.4. The number of rotatable bonds is 3. The summed E-state index contributed by atoms with van der Waals surface area (Å²) in [4.78, 5) is 0. The smallest absolute Gasteiger partial charge is 0.119 e. The van der Waals surface area contributed by atoms with Crippen LogP contribution in [0, 0.1) is 5.92 Å². The highest BCUT2D eigenvalue weighted by Gasteiger charge is 2.32. The molecule has 2 rings (SSSR count). The molecule has 0 aliphatic heterocycles. The molecule has 1 aliphatic carbocycles. The number of hydrogen-bond donors (Lipinski definition) is 1. The van der Waals surface area contributed by atoms with E-state index in [-0.39, 0.29) is 12.2 Å². The van der Waals surface area contributed by atoms with Crippen molar-refractivity contribution in [1.29, 1.82) is 0 Å². The summed E-state index contributed by atoms with van der Waals surface area (Å²) in [6, 6.07) is 8.32. The zero-order valence-electron chi connectivity index (χ0n) is 10.9. The van der Waals surface area contributed by atoms with Crippen LogP contribution in [0.25, 0.3) is 0 Å². The summed E-state index contributed by atoms with van der Waals surface area (Å²) in [5.74, 6) is 1.76. The quantitative estimate of drug-likeness (QED) is 0.869. The maximum absolute atomic E-state index is 9.81. The molecule has 1 aromatic carbocycles. The van der Waals surface area contributed by atoms with Gasteiger partial charge in [-0.05, 0) is 56.2 Å². The number of hydrogen-bond acceptors (Lipinski definition) is 2. The Bertz CT molecular complexity index is 373. The molecule has 3 unspecified atom stereocenters. The van der Waals surface area contributed by atoms with E-state index in [1.54, 1.807) is 0 Å². The summed E-state index contributed by atoms with van der Waals surface area (Å²) in [5, 5.41) is 9.81. The van der Waals surface area contributed by atoms with Gasteiger partial charge in [-0.25, -0.2) is 0 Å². The van der Waals surface area contributed by atoms with Crippen LogP contribution in [-0.4, -0.2) is 17.3 Å². The molecule has 1 N–H and O–H groups in total. The highest BCUT2D eigenvalue weighted by atomic mass is 16.5. The molecule has 1 fully saturated rings. The molecule has 0 saturated heterocycles. The van der Waals surface area contributed by atoms with E-state index in [1.807, 2.05) is 26.0 Å². The third-order valence-electron chi connectivity index (χ3n) is 3.67. The minimum atomic E-state index is -0.144. The van der Waals surface area contributed by atoms with E-state index in [2.05, 4.69) is 19.1 Å². The lowest BCUT2D eigenvalue weighted by Gasteiger charge is -2.19. The lowest BCUT2D eigenvalue weighted by molar-refractivity contribution is 0.136. The van der Waals surface area contributed by atoms with Crippen LogP contribution in [0.4, 0.5) is 0 Å². The fourth-order valence-electron chi connectivity index (χ4n) is 2.71. The summed E-state index contributed by atoms with van der Waals surface area (Å²) in [6.07, 6.45) is 2.06. The average Bonchev–Trinajstić information content (AvgIpc) is 2.59. The fourth-order valence-corrected chi connectivity index (χ4v) is 2.71. The van der Waals surface area contributed by atoms with Crippen molar-refractivity contribution in [1.82, 2.24) is 0 Å². The van der Waals surface area contributed by atoms with Crippen LogP contribution < -0.4 is 4.74 Å². The first kappa shape index (κ1) is 12.4. The summed E-state index contributed by atoms with van der Waals surface area (Å²) < 4.78 is 5.71. The van der Waals surface area contributed by atoms with Crippen molar-refractivity contribution in [2.45, 2.75) is 51.7 Å². The molecule has 1 saturated carbocycles. The molecule has 0 aromatic heterocycles. The summed E-state index contributed by atoms with van der Waals surface area (Å²) in [7, 11) is 0. The Kier molecular flexibility index (Phi) is 3.72. The van der Waals surface area contributed by atoms with Crippen LogP contribution in [-0.2, 0) is 0 Å². The Morgan fingerprint density at radius 1 is 1.29 bits per heavy atom. The molecule has 2 nitrogen and oxygen atoms in total. The van der Waals surface area contributed by atoms with E-state index in [0.717, 1.165) is 18.6 Å². The van der Waals surface area contributed by atoms with Gasteiger partial charge in [-0.3, -0.25) is 0 Å². The second kappa shape index (κ2) is 5.09. The molecule has 1 aromatic rings. The van der Waals surface area contributed by atoms with Crippen molar-refractivity contribution in [2.24, 2.45) is 5.92 Å². The van der Waals surface area contributed by atoms with Gasteiger partial charge in [0, 0.05) is 0 Å². The van der Waals surface area contributed by atoms with Crippen LogP contribution in [0.5, 0.6) is 5.75 Å². The first-order valence-electron chi connectivity index (χ1n) is 6.52. The van der Waals surface area contributed by atoms with Gasteiger partial charge < -0.3 is 9.84 Å². The van der Waals surface area contributed by atoms with E-state index in [0.29, 0.717) is 11.8 Å². The SMILES string of the molecule is CC(C)Oc1cccc(C2CCC(O)C2C)c1. The van der Waals surface area contributed by atoms with Gasteiger partial charge >= 0.3 is 0 Å². The second-order valence-corrected chi connectivity index (χ2v) is 5.35. The predicted molar refractivity (Wildman–Crippen MR) is 69.4 cm³/mol. The van der Waals surface area contributed by atoms with E-state index in [1.165, 1.54) is 5.56 Å². The first-order valence-corrected chi connectivity index (χ1v) is 6.52. The summed E-state index contributed by atoms with van der Waals surface area (Å²) in [6.45, 7) is 6.21. The Balaban J connectivity index is 2.16. The van der Waals surface area contributed by atoms with Gasteiger partial charge in [-0.15, -0.1) is 0 Å². The van der Waals surface area contributed by atoms with Crippen molar-refractivity contribution >= 4 is 0 Å². The van der Waals surface area contributed by atoms with Gasteiger partial charge in [0.05, 0.1) is 12.2 Å². The lowest BCUT2D eigenvalue weighted by Crippen LogP contribution is -2.14. The largest absolute Gasteiger partial charge is 0.491 e. The highest BCUT2D eigenvalue weighted by molar-refractivity contribution is 5.32. The monoisotopic (exact) mass is 234 g/mol. The highest BCUT2D eigenvalue weighted by Crippen LogP contribution is 2.40. The zero-order valence-corrected chi connectivity index (χ0v) is 10.9. The van der Waals surface area contributed by atoms with Gasteiger partial charge in [0.2, 0.25) is 0 Å². The topological polar surface area (TPSA) is 29.5 Å². The van der Waals surface area contributed by atoms with Crippen LogP contribution in [0.3, 0.4) is 0 Å². The van der Waals surface area contributed by atoms with Gasteiger partial charge in [0.25, 0.3) is 0 Å². The lowest BCUT2D eigenvalue weighted by atomic mass is 9.89. The van der Waals surface area contributed by atoms with Crippen LogP contribution in [0.15, 0.2) is 24.3 Å². The third-order valence-corrected chi connectivity index (χ3v) is 3.67. The summed E-state index contributed by atoms with van der Waals surface area (Å²) in [5.41, 5.74) is 1.30.